The second kappa shape index (κ2) is 6.91. The fourth-order valence-corrected chi connectivity index (χ4v) is 2.22. The molecule has 134 valence electrons. The van der Waals surface area contributed by atoms with E-state index in [9.17, 15) is 27.6 Å². The van der Waals surface area contributed by atoms with E-state index in [-0.39, 0.29) is 5.69 Å². The number of ketones is 1. The van der Waals surface area contributed by atoms with Gasteiger partial charge in [0.25, 0.3) is 0 Å². The van der Waals surface area contributed by atoms with Crippen LogP contribution in [-0.2, 0) is 14.3 Å². The molecule has 10 heteroatoms. The van der Waals surface area contributed by atoms with Gasteiger partial charge in [-0.05, 0) is 18.6 Å². The van der Waals surface area contributed by atoms with Crippen molar-refractivity contribution >= 4 is 23.3 Å². The summed E-state index contributed by atoms with van der Waals surface area (Å²) in [4.78, 5) is 39.1. The summed E-state index contributed by atoms with van der Waals surface area (Å²) in [6.07, 6.45) is -3.07. The number of ether oxygens (including phenoxy) is 1. The summed E-state index contributed by atoms with van der Waals surface area (Å²) in [5, 5.41) is 1.47. The van der Waals surface area contributed by atoms with Gasteiger partial charge in [-0.25, -0.2) is 9.78 Å². The Morgan fingerprint density at radius 3 is 2.64 bits per heavy atom. The molecule has 0 spiro atoms. The Balaban J connectivity index is 2.25. The van der Waals surface area contributed by atoms with Crippen molar-refractivity contribution in [3.63, 3.8) is 0 Å². The lowest BCUT2D eigenvalue weighted by Gasteiger charge is -2.16. The molecule has 0 saturated carbocycles. The van der Waals surface area contributed by atoms with Crippen molar-refractivity contribution in [2.75, 3.05) is 7.11 Å². The molecule has 1 N–H and O–H groups in total. The molecule has 1 amide bonds. The molecule has 0 aliphatic carbocycles. The predicted octanol–water partition coefficient (Wildman–Crippen LogP) is 1.44. The minimum absolute atomic E-state index is 0.0776. The summed E-state index contributed by atoms with van der Waals surface area (Å²) in [6.45, 7) is 1.78. The zero-order chi connectivity index (χ0) is 18.8. The van der Waals surface area contributed by atoms with Gasteiger partial charge < -0.3 is 10.1 Å². The number of aromatic nitrogens is 2. The van der Waals surface area contributed by atoms with Gasteiger partial charge in [-0.1, -0.05) is 6.07 Å². The summed E-state index contributed by atoms with van der Waals surface area (Å²) in [6, 6.07) is 1.68. The smallest absolute Gasteiger partial charge is 0.467 e. The van der Waals surface area contributed by atoms with Crippen LogP contribution in [0.3, 0.4) is 0 Å². The second-order valence-electron chi connectivity index (χ2n) is 5.20. The van der Waals surface area contributed by atoms with Gasteiger partial charge in [-0.15, -0.1) is 0 Å². The third-order valence-corrected chi connectivity index (χ3v) is 3.45. The summed E-state index contributed by atoms with van der Waals surface area (Å²) < 4.78 is 42.9. The summed E-state index contributed by atoms with van der Waals surface area (Å²) in [5.74, 6) is -4.16. The number of Topliss-reactive ketones (excluding diaryl/α,β-unsaturated/α-hetero) is 1. The average Bonchev–Trinajstić information content (AvgIpc) is 2.98. The fraction of sp³-hybridized carbons (Fsp3) is 0.333. The average molecular weight is 357 g/mol. The third-order valence-electron chi connectivity index (χ3n) is 3.45. The number of methoxy groups -OCH3 is 1. The Morgan fingerprint density at radius 1 is 1.36 bits per heavy atom. The van der Waals surface area contributed by atoms with Gasteiger partial charge in [0.05, 0.1) is 13.3 Å². The van der Waals surface area contributed by atoms with Crippen LogP contribution < -0.4 is 5.32 Å². The first kappa shape index (κ1) is 18.4. The summed E-state index contributed by atoms with van der Waals surface area (Å²) in [7, 11) is 0.942. The number of nitrogens with zero attached hydrogens (tertiary/aromatic N) is 2. The highest BCUT2D eigenvalue weighted by atomic mass is 19.4. The van der Waals surface area contributed by atoms with E-state index >= 15 is 0 Å². The van der Waals surface area contributed by atoms with Gasteiger partial charge >= 0.3 is 18.1 Å². The van der Waals surface area contributed by atoms with E-state index in [1.165, 1.54) is 15.9 Å². The number of amides is 1. The van der Waals surface area contributed by atoms with Crippen molar-refractivity contribution in [2.45, 2.75) is 25.6 Å². The molecule has 0 saturated heterocycles. The van der Waals surface area contributed by atoms with E-state index in [1.54, 1.807) is 25.3 Å². The van der Waals surface area contributed by atoms with Gasteiger partial charge in [0.2, 0.25) is 0 Å². The molecule has 25 heavy (non-hydrogen) atoms. The number of hydrogen-bond acceptors (Lipinski definition) is 5. The zero-order valence-corrected chi connectivity index (χ0v) is 13.3. The molecule has 0 radical (unpaired) electrons. The lowest BCUT2D eigenvalue weighted by molar-refractivity contribution is -0.175. The number of fused-ring (bicyclic) bond motifs is 1. The van der Waals surface area contributed by atoms with Crippen LogP contribution in [-0.4, -0.2) is 46.4 Å². The largest absolute Gasteiger partial charge is 0.471 e. The van der Waals surface area contributed by atoms with Crippen LogP contribution in [0.5, 0.6) is 0 Å². The Labute approximate surface area is 139 Å². The first-order valence-electron chi connectivity index (χ1n) is 7.06. The Bertz CT molecular complexity index is 829. The van der Waals surface area contributed by atoms with Crippen molar-refractivity contribution in [3.8, 4) is 0 Å². The number of rotatable bonds is 5. The molecule has 0 unspecified atom stereocenters. The van der Waals surface area contributed by atoms with Crippen molar-refractivity contribution in [1.82, 2.24) is 14.7 Å². The molecule has 1 atom stereocenters. The van der Waals surface area contributed by atoms with Gasteiger partial charge in [0.15, 0.2) is 5.78 Å². The molecule has 2 aromatic heterocycles. The van der Waals surface area contributed by atoms with Crippen molar-refractivity contribution < 1.29 is 32.3 Å². The fourth-order valence-electron chi connectivity index (χ4n) is 2.22. The quantitative estimate of drug-likeness (QED) is 0.646. The van der Waals surface area contributed by atoms with E-state index in [0.717, 1.165) is 12.7 Å². The number of carbonyl (C=O) groups excluding carboxylic acids is 3. The SMILES string of the molecule is COC(=O)[C@H](CC(=O)c1cnc2c(C)cccn12)NC(=O)C(F)(F)F. The molecule has 2 heterocycles. The Kier molecular flexibility index (Phi) is 5.10. The van der Waals surface area contributed by atoms with E-state index in [1.807, 2.05) is 0 Å². The minimum atomic E-state index is -5.18. The van der Waals surface area contributed by atoms with Gasteiger partial charge in [-0.2, -0.15) is 13.2 Å². The van der Waals surface area contributed by atoms with Crippen molar-refractivity contribution in [3.05, 3.63) is 35.8 Å². The van der Waals surface area contributed by atoms with E-state index < -0.39 is 36.3 Å². The number of esters is 1. The number of nitrogens with one attached hydrogen (secondary N) is 1. The first-order chi connectivity index (χ1) is 11.6. The number of alkyl halides is 3. The molecular weight excluding hydrogens is 343 g/mol. The molecular formula is C15H14F3N3O4. The molecule has 0 aliphatic rings. The number of imidazole rings is 1. The van der Waals surface area contributed by atoms with Gasteiger partial charge in [-0.3, -0.25) is 14.0 Å². The minimum Gasteiger partial charge on any atom is -0.467 e. The van der Waals surface area contributed by atoms with Gasteiger partial charge in [0.1, 0.15) is 17.4 Å². The number of carbonyl (C=O) groups is 3. The van der Waals surface area contributed by atoms with Crippen LogP contribution in [0.15, 0.2) is 24.5 Å². The van der Waals surface area contributed by atoms with Gasteiger partial charge in [0, 0.05) is 12.6 Å². The van der Waals surface area contributed by atoms with E-state index in [0.29, 0.717) is 5.65 Å². The second-order valence-corrected chi connectivity index (χ2v) is 5.20. The topological polar surface area (TPSA) is 89.8 Å². The monoisotopic (exact) mass is 357 g/mol. The van der Waals surface area contributed by atoms with Crippen molar-refractivity contribution in [1.29, 1.82) is 0 Å². The summed E-state index contributed by atoms with van der Waals surface area (Å²) in [5.41, 5.74) is 1.37. The molecule has 2 rings (SSSR count). The highest BCUT2D eigenvalue weighted by Crippen LogP contribution is 2.17. The molecule has 0 bridgehead atoms. The number of pyridine rings is 1. The maximum Gasteiger partial charge on any atom is 0.471 e. The summed E-state index contributed by atoms with van der Waals surface area (Å²) >= 11 is 0. The van der Waals surface area contributed by atoms with Crippen LogP contribution >= 0.6 is 0 Å². The standard InChI is InChI=1S/C15H14F3N3O4/c1-8-4-3-5-21-10(7-19-12(8)21)11(22)6-9(13(23)25-2)20-14(24)15(16,17)18/h3-5,7,9H,6H2,1-2H3,(H,20,24)/t9-/m0/s1. The molecule has 0 fully saturated rings. The number of aryl methyl sites for hydroxylation is 1. The highest BCUT2D eigenvalue weighted by molar-refractivity contribution is 5.99. The van der Waals surface area contributed by atoms with Crippen LogP contribution in [0.4, 0.5) is 13.2 Å². The highest BCUT2D eigenvalue weighted by Gasteiger charge is 2.41. The van der Waals surface area contributed by atoms with E-state index in [4.69, 9.17) is 0 Å². The molecule has 7 nitrogen and oxygen atoms in total. The van der Waals surface area contributed by atoms with Crippen LogP contribution in [0.2, 0.25) is 0 Å². The van der Waals surface area contributed by atoms with Crippen LogP contribution in [0.1, 0.15) is 22.5 Å². The zero-order valence-electron chi connectivity index (χ0n) is 13.3. The Morgan fingerprint density at radius 2 is 2.04 bits per heavy atom. The van der Waals surface area contributed by atoms with Crippen LogP contribution in [0.25, 0.3) is 5.65 Å². The number of hydrogen-bond donors (Lipinski definition) is 1. The maximum absolute atomic E-state index is 12.4. The number of halogens is 3. The Hall–Kier alpha value is -2.91. The predicted molar refractivity (Wildman–Crippen MR) is 78.9 cm³/mol. The van der Waals surface area contributed by atoms with E-state index in [2.05, 4.69) is 9.72 Å². The maximum atomic E-state index is 12.4. The van der Waals surface area contributed by atoms with Crippen molar-refractivity contribution in [2.24, 2.45) is 0 Å². The lowest BCUT2D eigenvalue weighted by atomic mass is 10.1. The lowest BCUT2D eigenvalue weighted by Crippen LogP contribution is -2.48. The third kappa shape index (κ3) is 3.95. The first-order valence-corrected chi connectivity index (χ1v) is 7.06. The molecule has 0 aliphatic heterocycles. The molecule has 0 aromatic carbocycles. The van der Waals surface area contributed by atoms with Crippen LogP contribution in [0, 0.1) is 6.92 Å². The molecule has 2 aromatic rings. The normalized spacial score (nSPS) is 12.7.